The average Bonchev–Trinajstić information content (AvgIpc) is 2.39. The number of hydrogen-bond donors (Lipinski definition) is 1. The Balaban J connectivity index is 2.30. The SMILES string of the molecule is COCCCOCCOc1ccc(N)c(C(C)=O)c1. The van der Waals surface area contributed by atoms with Crippen molar-refractivity contribution in [3.05, 3.63) is 23.8 Å². The molecule has 2 N–H and O–H groups in total. The molecule has 5 heteroatoms. The predicted octanol–water partition coefficient (Wildman–Crippen LogP) is 1.90. The van der Waals surface area contributed by atoms with Gasteiger partial charge in [-0.2, -0.15) is 0 Å². The van der Waals surface area contributed by atoms with Crippen LogP contribution in [0.2, 0.25) is 0 Å². The minimum atomic E-state index is -0.0706. The number of Topliss-reactive ketones (excluding diaryl/α,β-unsaturated/α-hetero) is 1. The third kappa shape index (κ3) is 5.72. The maximum Gasteiger partial charge on any atom is 0.162 e. The van der Waals surface area contributed by atoms with Crippen LogP contribution in [0, 0.1) is 0 Å². The van der Waals surface area contributed by atoms with Gasteiger partial charge in [0.15, 0.2) is 5.78 Å². The van der Waals surface area contributed by atoms with Gasteiger partial charge in [-0.3, -0.25) is 4.79 Å². The summed E-state index contributed by atoms with van der Waals surface area (Å²) in [5.41, 5.74) is 6.65. The smallest absolute Gasteiger partial charge is 0.162 e. The standard InChI is InChI=1S/C14H21NO4/c1-11(16)13-10-12(4-5-14(13)15)19-9-8-18-7-3-6-17-2/h4-5,10H,3,6-9,15H2,1-2H3. The van der Waals surface area contributed by atoms with E-state index >= 15 is 0 Å². The number of nitrogen functional groups attached to an aromatic ring is 1. The summed E-state index contributed by atoms with van der Waals surface area (Å²) < 4.78 is 15.8. The molecule has 0 aromatic heterocycles. The first-order chi connectivity index (χ1) is 9.15. The summed E-state index contributed by atoms with van der Waals surface area (Å²) in [6, 6.07) is 5.07. The first-order valence-electron chi connectivity index (χ1n) is 6.25. The van der Waals surface area contributed by atoms with E-state index in [9.17, 15) is 4.79 Å². The van der Waals surface area contributed by atoms with Crippen molar-refractivity contribution < 1.29 is 19.0 Å². The molecule has 0 fully saturated rings. The summed E-state index contributed by atoms with van der Waals surface area (Å²) in [4.78, 5) is 11.3. The number of hydrogen-bond acceptors (Lipinski definition) is 5. The summed E-state index contributed by atoms with van der Waals surface area (Å²) in [5, 5.41) is 0. The van der Waals surface area contributed by atoms with Gasteiger partial charge in [0.2, 0.25) is 0 Å². The molecule has 0 saturated heterocycles. The Morgan fingerprint density at radius 2 is 2.00 bits per heavy atom. The van der Waals surface area contributed by atoms with Gasteiger partial charge in [-0.05, 0) is 31.5 Å². The molecule has 1 aromatic rings. The van der Waals surface area contributed by atoms with Crippen LogP contribution >= 0.6 is 0 Å². The van der Waals surface area contributed by atoms with Gasteiger partial charge in [-0.1, -0.05) is 0 Å². The molecule has 0 aliphatic heterocycles. The molecule has 0 aliphatic rings. The van der Waals surface area contributed by atoms with Crippen molar-refractivity contribution in [1.29, 1.82) is 0 Å². The maximum atomic E-state index is 11.3. The molecule has 0 radical (unpaired) electrons. The topological polar surface area (TPSA) is 70.8 Å². The zero-order valence-electron chi connectivity index (χ0n) is 11.5. The van der Waals surface area contributed by atoms with Crippen molar-refractivity contribution in [1.82, 2.24) is 0 Å². The molecule has 106 valence electrons. The minimum absolute atomic E-state index is 0.0706. The lowest BCUT2D eigenvalue weighted by Crippen LogP contribution is -2.09. The van der Waals surface area contributed by atoms with Crippen LogP contribution in [0.3, 0.4) is 0 Å². The lowest BCUT2D eigenvalue weighted by atomic mass is 10.1. The summed E-state index contributed by atoms with van der Waals surface area (Å²) in [5.74, 6) is 0.554. The number of ketones is 1. The van der Waals surface area contributed by atoms with Crippen molar-refractivity contribution >= 4 is 11.5 Å². The highest BCUT2D eigenvalue weighted by Crippen LogP contribution is 2.20. The molecular weight excluding hydrogens is 246 g/mol. The van der Waals surface area contributed by atoms with E-state index in [-0.39, 0.29) is 5.78 Å². The average molecular weight is 267 g/mol. The molecule has 0 atom stereocenters. The lowest BCUT2D eigenvalue weighted by molar-refractivity contribution is 0.0806. The Hall–Kier alpha value is -1.59. The van der Waals surface area contributed by atoms with Crippen LogP contribution < -0.4 is 10.5 Å². The van der Waals surface area contributed by atoms with Gasteiger partial charge in [0.1, 0.15) is 12.4 Å². The van der Waals surface area contributed by atoms with Crippen LogP contribution in [0.25, 0.3) is 0 Å². The molecular formula is C14H21NO4. The Morgan fingerprint density at radius 3 is 2.68 bits per heavy atom. The molecule has 0 aliphatic carbocycles. The molecule has 0 spiro atoms. The van der Waals surface area contributed by atoms with Gasteiger partial charge in [0.25, 0.3) is 0 Å². The van der Waals surface area contributed by atoms with E-state index in [1.165, 1.54) is 6.92 Å². The highest BCUT2D eigenvalue weighted by molar-refractivity contribution is 5.99. The second kappa shape index (κ2) is 8.50. The quantitative estimate of drug-likeness (QED) is 0.420. The number of nitrogens with two attached hydrogens (primary N) is 1. The second-order valence-electron chi connectivity index (χ2n) is 4.11. The number of ether oxygens (including phenoxy) is 3. The lowest BCUT2D eigenvalue weighted by Gasteiger charge is -2.09. The van der Waals surface area contributed by atoms with Crippen LogP contribution in [0.15, 0.2) is 18.2 Å². The van der Waals surface area contributed by atoms with Crippen LogP contribution in [-0.4, -0.2) is 39.3 Å². The molecule has 0 unspecified atom stereocenters. The van der Waals surface area contributed by atoms with Crippen molar-refractivity contribution in [2.75, 3.05) is 39.3 Å². The summed E-state index contributed by atoms with van der Waals surface area (Å²) >= 11 is 0. The number of benzene rings is 1. The maximum absolute atomic E-state index is 11.3. The fourth-order valence-electron chi connectivity index (χ4n) is 1.56. The van der Waals surface area contributed by atoms with Crippen molar-refractivity contribution in [3.63, 3.8) is 0 Å². The first kappa shape index (κ1) is 15.5. The molecule has 0 saturated carbocycles. The minimum Gasteiger partial charge on any atom is -0.491 e. The number of carbonyl (C=O) groups is 1. The van der Waals surface area contributed by atoms with E-state index < -0.39 is 0 Å². The third-order valence-corrected chi connectivity index (χ3v) is 2.54. The molecule has 0 heterocycles. The van der Waals surface area contributed by atoms with Crippen molar-refractivity contribution in [2.24, 2.45) is 0 Å². The van der Waals surface area contributed by atoms with Gasteiger partial charge in [0.05, 0.1) is 6.61 Å². The van der Waals surface area contributed by atoms with Crippen molar-refractivity contribution in [2.45, 2.75) is 13.3 Å². The van der Waals surface area contributed by atoms with Gasteiger partial charge < -0.3 is 19.9 Å². The van der Waals surface area contributed by atoms with Crippen LogP contribution in [0.1, 0.15) is 23.7 Å². The highest BCUT2D eigenvalue weighted by atomic mass is 16.5. The number of carbonyl (C=O) groups excluding carboxylic acids is 1. The van der Waals surface area contributed by atoms with E-state index in [1.54, 1.807) is 25.3 Å². The normalized spacial score (nSPS) is 10.4. The molecule has 1 aromatic carbocycles. The fraction of sp³-hybridized carbons (Fsp3) is 0.500. The van der Waals surface area contributed by atoms with Gasteiger partial charge >= 0.3 is 0 Å². The summed E-state index contributed by atoms with van der Waals surface area (Å²) in [6.07, 6.45) is 0.868. The van der Waals surface area contributed by atoms with Crippen LogP contribution in [0.5, 0.6) is 5.75 Å². The van der Waals surface area contributed by atoms with E-state index in [4.69, 9.17) is 19.9 Å². The molecule has 0 bridgehead atoms. The Bertz CT molecular complexity index is 406. The predicted molar refractivity (Wildman–Crippen MR) is 73.7 cm³/mol. The second-order valence-corrected chi connectivity index (χ2v) is 4.11. The van der Waals surface area contributed by atoms with Crippen molar-refractivity contribution in [3.8, 4) is 5.75 Å². The largest absolute Gasteiger partial charge is 0.491 e. The molecule has 0 amide bonds. The Labute approximate surface area is 113 Å². The highest BCUT2D eigenvalue weighted by Gasteiger charge is 2.06. The monoisotopic (exact) mass is 267 g/mol. The summed E-state index contributed by atoms with van der Waals surface area (Å²) in [6.45, 7) is 3.77. The van der Waals surface area contributed by atoms with E-state index in [0.717, 1.165) is 6.42 Å². The number of methoxy groups -OCH3 is 1. The Morgan fingerprint density at radius 1 is 1.21 bits per heavy atom. The third-order valence-electron chi connectivity index (χ3n) is 2.54. The summed E-state index contributed by atoms with van der Waals surface area (Å²) in [7, 11) is 1.66. The van der Waals surface area contributed by atoms with Gasteiger partial charge in [0, 0.05) is 31.6 Å². The van der Waals surface area contributed by atoms with Gasteiger partial charge in [-0.15, -0.1) is 0 Å². The molecule has 5 nitrogen and oxygen atoms in total. The zero-order chi connectivity index (χ0) is 14.1. The molecule has 19 heavy (non-hydrogen) atoms. The van der Waals surface area contributed by atoms with Crippen LogP contribution in [-0.2, 0) is 9.47 Å². The zero-order valence-corrected chi connectivity index (χ0v) is 11.5. The van der Waals surface area contributed by atoms with E-state index in [2.05, 4.69) is 0 Å². The molecule has 1 rings (SSSR count). The van der Waals surface area contributed by atoms with E-state index in [1.807, 2.05) is 0 Å². The van der Waals surface area contributed by atoms with Crippen LogP contribution in [0.4, 0.5) is 5.69 Å². The number of rotatable bonds is 9. The number of anilines is 1. The van der Waals surface area contributed by atoms with E-state index in [0.29, 0.717) is 43.4 Å². The fourth-order valence-corrected chi connectivity index (χ4v) is 1.56. The Kier molecular flexibility index (Phi) is 6.92. The first-order valence-corrected chi connectivity index (χ1v) is 6.25. The van der Waals surface area contributed by atoms with Gasteiger partial charge in [-0.25, -0.2) is 0 Å².